The molecule has 2 aliphatic heterocycles. The van der Waals surface area contributed by atoms with E-state index in [-0.39, 0.29) is 12.0 Å². The quantitative estimate of drug-likeness (QED) is 0.861. The fourth-order valence-electron chi connectivity index (χ4n) is 3.68. The zero-order valence-corrected chi connectivity index (χ0v) is 13.7. The van der Waals surface area contributed by atoms with Crippen molar-refractivity contribution in [2.24, 2.45) is 5.92 Å². The minimum absolute atomic E-state index is 0.0631. The number of hydrogen-bond donors (Lipinski definition) is 0. The SMILES string of the molecule is CCn1cc(C2CCN(C(=O)[C@H]3CCCO[C@H]3C)CC2)cn1. The Labute approximate surface area is 132 Å². The maximum absolute atomic E-state index is 12.7. The molecule has 2 fully saturated rings. The highest BCUT2D eigenvalue weighted by atomic mass is 16.5. The average Bonchev–Trinajstić information content (AvgIpc) is 3.04. The van der Waals surface area contributed by atoms with Gasteiger partial charge in [0.25, 0.3) is 0 Å². The minimum Gasteiger partial charge on any atom is -0.378 e. The number of hydrogen-bond acceptors (Lipinski definition) is 3. The first-order chi connectivity index (χ1) is 10.7. The summed E-state index contributed by atoms with van der Waals surface area (Å²) in [6.07, 6.45) is 8.28. The molecule has 0 aromatic carbocycles. The van der Waals surface area contributed by atoms with Crippen LogP contribution in [0.1, 0.15) is 51.0 Å². The summed E-state index contributed by atoms with van der Waals surface area (Å²) < 4.78 is 7.63. The Morgan fingerprint density at radius 2 is 2.14 bits per heavy atom. The van der Waals surface area contributed by atoms with Crippen molar-refractivity contribution in [2.75, 3.05) is 19.7 Å². The maximum Gasteiger partial charge on any atom is 0.228 e. The Balaban J connectivity index is 1.55. The van der Waals surface area contributed by atoms with Crippen LogP contribution in [0.3, 0.4) is 0 Å². The van der Waals surface area contributed by atoms with E-state index in [1.165, 1.54) is 5.56 Å². The zero-order valence-electron chi connectivity index (χ0n) is 13.7. The molecule has 5 nitrogen and oxygen atoms in total. The summed E-state index contributed by atoms with van der Waals surface area (Å²) in [4.78, 5) is 14.7. The Morgan fingerprint density at radius 1 is 1.36 bits per heavy atom. The normalized spacial score (nSPS) is 27.1. The summed E-state index contributed by atoms with van der Waals surface area (Å²) in [5.41, 5.74) is 1.32. The molecule has 1 aromatic rings. The van der Waals surface area contributed by atoms with Gasteiger partial charge in [-0.05, 0) is 51.0 Å². The van der Waals surface area contributed by atoms with E-state index in [2.05, 4.69) is 23.1 Å². The first kappa shape index (κ1) is 15.5. The number of rotatable bonds is 3. The second kappa shape index (κ2) is 6.82. The largest absolute Gasteiger partial charge is 0.378 e. The molecule has 0 bridgehead atoms. The van der Waals surface area contributed by atoms with Crippen LogP contribution in [0.4, 0.5) is 0 Å². The standard InChI is InChI=1S/C17H27N3O2/c1-3-20-12-15(11-18-20)14-6-8-19(9-7-14)17(21)16-5-4-10-22-13(16)2/h11-14,16H,3-10H2,1-2H3/t13-,16-/m0/s1. The van der Waals surface area contributed by atoms with Crippen LogP contribution in [-0.4, -0.2) is 46.4 Å². The lowest BCUT2D eigenvalue weighted by atomic mass is 9.89. The molecule has 0 N–H and O–H groups in total. The van der Waals surface area contributed by atoms with Crippen molar-refractivity contribution >= 4 is 5.91 Å². The molecule has 0 unspecified atom stereocenters. The number of ether oxygens (including phenoxy) is 1. The molecule has 1 aromatic heterocycles. The number of carbonyl (C=O) groups is 1. The van der Waals surface area contributed by atoms with E-state index in [0.29, 0.717) is 11.8 Å². The number of nitrogens with zero attached hydrogens (tertiary/aromatic N) is 3. The first-order valence-corrected chi connectivity index (χ1v) is 8.61. The Morgan fingerprint density at radius 3 is 2.77 bits per heavy atom. The molecule has 2 aliphatic rings. The third-order valence-electron chi connectivity index (χ3n) is 5.18. The number of amides is 1. The van der Waals surface area contributed by atoms with Crippen molar-refractivity contribution in [3.8, 4) is 0 Å². The predicted octanol–water partition coefficient (Wildman–Crippen LogP) is 2.42. The summed E-state index contributed by atoms with van der Waals surface area (Å²) in [5, 5.41) is 4.37. The van der Waals surface area contributed by atoms with Crippen molar-refractivity contribution in [2.45, 2.75) is 58.1 Å². The lowest BCUT2D eigenvalue weighted by Gasteiger charge is -2.37. The molecular formula is C17H27N3O2. The van der Waals surface area contributed by atoms with Crippen LogP contribution in [0.2, 0.25) is 0 Å². The van der Waals surface area contributed by atoms with Crippen LogP contribution in [-0.2, 0) is 16.1 Å². The van der Waals surface area contributed by atoms with Gasteiger partial charge in [0.2, 0.25) is 5.91 Å². The predicted molar refractivity (Wildman–Crippen MR) is 84.6 cm³/mol. The Kier molecular flexibility index (Phi) is 4.81. The summed E-state index contributed by atoms with van der Waals surface area (Å²) in [5.74, 6) is 0.910. The molecule has 0 radical (unpaired) electrons. The van der Waals surface area contributed by atoms with Crippen LogP contribution >= 0.6 is 0 Å². The van der Waals surface area contributed by atoms with Crippen LogP contribution in [0.25, 0.3) is 0 Å². The van der Waals surface area contributed by atoms with E-state index < -0.39 is 0 Å². The lowest BCUT2D eigenvalue weighted by molar-refractivity contribution is -0.145. The summed E-state index contributed by atoms with van der Waals surface area (Å²) in [6, 6.07) is 0. The maximum atomic E-state index is 12.7. The highest BCUT2D eigenvalue weighted by molar-refractivity contribution is 5.79. The second-order valence-corrected chi connectivity index (χ2v) is 6.55. The van der Waals surface area contributed by atoms with Gasteiger partial charge >= 0.3 is 0 Å². The molecule has 3 rings (SSSR count). The number of carbonyl (C=O) groups excluding carboxylic acids is 1. The molecule has 0 saturated carbocycles. The van der Waals surface area contributed by atoms with E-state index >= 15 is 0 Å². The highest BCUT2D eigenvalue weighted by Crippen LogP contribution is 2.30. The van der Waals surface area contributed by atoms with Gasteiger partial charge in [-0.15, -0.1) is 0 Å². The third kappa shape index (κ3) is 3.19. The lowest BCUT2D eigenvalue weighted by Crippen LogP contribution is -2.45. The van der Waals surface area contributed by atoms with E-state index in [1.54, 1.807) is 0 Å². The van der Waals surface area contributed by atoms with Crippen molar-refractivity contribution in [3.63, 3.8) is 0 Å². The van der Waals surface area contributed by atoms with Gasteiger partial charge in [-0.3, -0.25) is 9.48 Å². The van der Waals surface area contributed by atoms with Gasteiger partial charge in [-0.25, -0.2) is 0 Å². The van der Waals surface area contributed by atoms with E-state index in [1.807, 2.05) is 17.8 Å². The molecule has 5 heteroatoms. The average molecular weight is 305 g/mol. The van der Waals surface area contributed by atoms with Gasteiger partial charge in [0.1, 0.15) is 0 Å². The highest BCUT2D eigenvalue weighted by Gasteiger charge is 2.34. The van der Waals surface area contributed by atoms with Crippen molar-refractivity contribution in [3.05, 3.63) is 18.0 Å². The Hall–Kier alpha value is -1.36. The van der Waals surface area contributed by atoms with Crippen molar-refractivity contribution < 1.29 is 9.53 Å². The number of aryl methyl sites for hydroxylation is 1. The van der Waals surface area contributed by atoms with E-state index in [9.17, 15) is 4.79 Å². The van der Waals surface area contributed by atoms with Crippen LogP contribution in [0.5, 0.6) is 0 Å². The van der Waals surface area contributed by atoms with Gasteiger partial charge in [0.15, 0.2) is 0 Å². The van der Waals surface area contributed by atoms with E-state index in [4.69, 9.17) is 4.74 Å². The molecule has 0 spiro atoms. The smallest absolute Gasteiger partial charge is 0.228 e. The summed E-state index contributed by atoms with van der Waals surface area (Å²) >= 11 is 0. The molecule has 2 saturated heterocycles. The summed E-state index contributed by atoms with van der Waals surface area (Å²) in [6.45, 7) is 7.58. The van der Waals surface area contributed by atoms with Gasteiger partial charge < -0.3 is 9.64 Å². The topological polar surface area (TPSA) is 47.4 Å². The molecule has 1 amide bonds. The van der Waals surface area contributed by atoms with Crippen molar-refractivity contribution in [1.82, 2.24) is 14.7 Å². The first-order valence-electron chi connectivity index (χ1n) is 8.61. The third-order valence-corrected chi connectivity index (χ3v) is 5.18. The number of piperidine rings is 1. The molecule has 3 heterocycles. The molecule has 2 atom stereocenters. The van der Waals surface area contributed by atoms with Crippen LogP contribution < -0.4 is 0 Å². The summed E-state index contributed by atoms with van der Waals surface area (Å²) in [7, 11) is 0. The van der Waals surface area contributed by atoms with Crippen molar-refractivity contribution in [1.29, 1.82) is 0 Å². The van der Waals surface area contributed by atoms with Crippen LogP contribution in [0.15, 0.2) is 12.4 Å². The van der Waals surface area contributed by atoms with Gasteiger partial charge in [0.05, 0.1) is 18.2 Å². The second-order valence-electron chi connectivity index (χ2n) is 6.55. The minimum atomic E-state index is 0.0631. The van der Waals surface area contributed by atoms with Gasteiger partial charge in [0, 0.05) is 32.4 Å². The van der Waals surface area contributed by atoms with Gasteiger partial charge in [-0.2, -0.15) is 5.10 Å². The number of likely N-dealkylation sites (tertiary alicyclic amines) is 1. The fourth-order valence-corrected chi connectivity index (χ4v) is 3.68. The Bertz CT molecular complexity index is 506. The molecular weight excluding hydrogens is 278 g/mol. The number of aromatic nitrogens is 2. The monoisotopic (exact) mass is 305 g/mol. The van der Waals surface area contributed by atoms with Gasteiger partial charge in [-0.1, -0.05) is 0 Å². The van der Waals surface area contributed by atoms with Crippen LogP contribution in [0, 0.1) is 5.92 Å². The molecule has 0 aliphatic carbocycles. The molecule has 122 valence electrons. The molecule has 22 heavy (non-hydrogen) atoms. The fraction of sp³-hybridized carbons (Fsp3) is 0.765. The zero-order chi connectivity index (χ0) is 15.5. The van der Waals surface area contributed by atoms with E-state index in [0.717, 1.165) is 51.9 Å².